The summed E-state index contributed by atoms with van der Waals surface area (Å²) in [6.45, 7) is 4.27. The summed E-state index contributed by atoms with van der Waals surface area (Å²) in [4.78, 5) is 25.2. The van der Waals surface area contributed by atoms with Gasteiger partial charge < -0.3 is 10.6 Å². The molecule has 2 aromatic carbocycles. The van der Waals surface area contributed by atoms with Gasteiger partial charge in [-0.05, 0) is 55.3 Å². The van der Waals surface area contributed by atoms with Crippen molar-refractivity contribution in [1.29, 1.82) is 0 Å². The average Bonchev–Trinajstić information content (AvgIpc) is 2.66. The zero-order valence-corrected chi connectivity index (χ0v) is 16.5. The maximum absolute atomic E-state index is 12.2. The van der Waals surface area contributed by atoms with E-state index >= 15 is 0 Å². The number of nitrogens with one attached hydrogen (secondary N) is 2. The minimum Gasteiger partial charge on any atom is -0.354 e. The summed E-state index contributed by atoms with van der Waals surface area (Å²) in [6.07, 6.45) is 0.863. The molecular weight excluding hydrogens is 368 g/mol. The third-order valence-electron chi connectivity index (χ3n) is 3.73. The van der Waals surface area contributed by atoms with E-state index in [1.54, 1.807) is 30.8 Å². The van der Waals surface area contributed by atoms with E-state index in [1.807, 2.05) is 43.3 Å². The van der Waals surface area contributed by atoms with Crippen LogP contribution in [0, 0.1) is 0 Å². The fourth-order valence-electron chi connectivity index (χ4n) is 2.20. The van der Waals surface area contributed by atoms with Crippen molar-refractivity contribution in [1.82, 2.24) is 10.6 Å². The largest absolute Gasteiger partial charge is 0.354 e. The molecule has 0 aliphatic rings. The third-order valence-corrected chi connectivity index (χ3v) is 5.06. The highest BCUT2D eigenvalue weighted by atomic mass is 35.5. The number of rotatable bonds is 8. The number of benzene rings is 2. The van der Waals surface area contributed by atoms with Crippen molar-refractivity contribution in [2.45, 2.75) is 37.0 Å². The zero-order valence-electron chi connectivity index (χ0n) is 14.9. The predicted molar refractivity (Wildman–Crippen MR) is 108 cm³/mol. The van der Waals surface area contributed by atoms with Crippen molar-refractivity contribution >= 4 is 35.2 Å². The second-order valence-electron chi connectivity index (χ2n) is 5.93. The van der Waals surface area contributed by atoms with E-state index in [4.69, 9.17) is 11.6 Å². The smallest absolute Gasteiger partial charge is 0.251 e. The number of amides is 2. The van der Waals surface area contributed by atoms with Crippen molar-refractivity contribution in [3.8, 4) is 0 Å². The van der Waals surface area contributed by atoms with Gasteiger partial charge in [0.15, 0.2) is 0 Å². The minimum atomic E-state index is -0.561. The summed E-state index contributed by atoms with van der Waals surface area (Å²) < 4.78 is 0. The Morgan fingerprint density at radius 1 is 1.08 bits per heavy atom. The lowest BCUT2D eigenvalue weighted by molar-refractivity contribution is -0.122. The first-order chi connectivity index (χ1) is 12.5. The van der Waals surface area contributed by atoms with Crippen LogP contribution in [0.25, 0.3) is 0 Å². The molecule has 4 nitrogen and oxygen atoms in total. The van der Waals surface area contributed by atoms with Crippen LogP contribution in [0.15, 0.2) is 53.4 Å². The first-order valence-electron chi connectivity index (χ1n) is 8.55. The van der Waals surface area contributed by atoms with Crippen LogP contribution in [0.5, 0.6) is 0 Å². The van der Waals surface area contributed by atoms with Gasteiger partial charge in [-0.3, -0.25) is 9.59 Å². The summed E-state index contributed by atoms with van der Waals surface area (Å²) in [7, 11) is 0. The number of hydrogen-bond donors (Lipinski definition) is 2. The van der Waals surface area contributed by atoms with E-state index in [1.165, 1.54) is 0 Å². The molecule has 0 heterocycles. The van der Waals surface area contributed by atoms with E-state index in [-0.39, 0.29) is 11.8 Å². The first kappa shape index (κ1) is 20.3. The highest BCUT2D eigenvalue weighted by Gasteiger charge is 2.15. The number of carbonyl (C=O) groups is 2. The molecule has 0 bridgehead atoms. The molecule has 2 rings (SSSR count). The van der Waals surface area contributed by atoms with Gasteiger partial charge in [-0.2, -0.15) is 0 Å². The van der Waals surface area contributed by atoms with Gasteiger partial charge in [-0.15, -0.1) is 11.8 Å². The molecule has 0 aliphatic carbocycles. The number of carbonyl (C=O) groups excluding carboxylic acids is 2. The molecule has 0 saturated carbocycles. The molecule has 6 heteroatoms. The van der Waals surface area contributed by atoms with Crippen LogP contribution in [-0.4, -0.2) is 24.4 Å². The molecule has 1 atom stereocenters. The molecule has 0 aliphatic heterocycles. The van der Waals surface area contributed by atoms with Gasteiger partial charge in [0, 0.05) is 27.8 Å². The molecule has 0 radical (unpaired) electrons. The Hall–Kier alpha value is -1.98. The molecule has 0 saturated heterocycles. The normalized spacial score (nSPS) is 11.7. The van der Waals surface area contributed by atoms with Crippen LogP contribution in [-0.2, 0) is 10.5 Å². The van der Waals surface area contributed by atoms with Gasteiger partial charge in [-0.25, -0.2) is 0 Å². The lowest BCUT2D eigenvalue weighted by Gasteiger charge is -2.14. The van der Waals surface area contributed by atoms with Gasteiger partial charge in [0.1, 0.15) is 6.04 Å². The summed E-state index contributed by atoms with van der Waals surface area (Å²) in [5, 5.41) is 6.21. The number of halogens is 1. The van der Waals surface area contributed by atoms with Crippen LogP contribution in [0.2, 0.25) is 5.02 Å². The maximum Gasteiger partial charge on any atom is 0.251 e. The number of hydrogen-bond acceptors (Lipinski definition) is 3. The van der Waals surface area contributed by atoms with Gasteiger partial charge in [-0.1, -0.05) is 30.7 Å². The van der Waals surface area contributed by atoms with E-state index in [0.29, 0.717) is 12.1 Å². The van der Waals surface area contributed by atoms with Gasteiger partial charge >= 0.3 is 0 Å². The first-order valence-corrected chi connectivity index (χ1v) is 9.92. The molecule has 26 heavy (non-hydrogen) atoms. The van der Waals surface area contributed by atoms with E-state index in [9.17, 15) is 9.59 Å². The molecule has 0 fully saturated rings. The SMILES string of the molecule is CCCNC(=O)[C@H](C)NC(=O)c1ccc(CSc2ccc(Cl)cc2)cc1. The predicted octanol–water partition coefficient (Wildman–Crippen LogP) is 4.28. The Morgan fingerprint density at radius 3 is 2.35 bits per heavy atom. The van der Waals surface area contributed by atoms with Gasteiger partial charge in [0.05, 0.1) is 0 Å². The Bertz CT molecular complexity index is 732. The van der Waals surface area contributed by atoms with Crippen molar-refractivity contribution < 1.29 is 9.59 Å². The highest BCUT2D eigenvalue weighted by molar-refractivity contribution is 7.98. The average molecular weight is 391 g/mol. The van der Waals surface area contributed by atoms with E-state index < -0.39 is 6.04 Å². The fraction of sp³-hybridized carbons (Fsp3) is 0.300. The Morgan fingerprint density at radius 2 is 1.73 bits per heavy atom. The molecule has 2 N–H and O–H groups in total. The van der Waals surface area contributed by atoms with Gasteiger partial charge in [0.25, 0.3) is 5.91 Å². The Labute approximate surface area is 163 Å². The lowest BCUT2D eigenvalue weighted by Crippen LogP contribution is -2.44. The monoisotopic (exact) mass is 390 g/mol. The molecular formula is C20H23ClN2O2S. The van der Waals surface area contributed by atoms with Crippen LogP contribution in [0.3, 0.4) is 0 Å². The summed E-state index contributed by atoms with van der Waals surface area (Å²) in [6, 6.07) is 14.6. The topological polar surface area (TPSA) is 58.2 Å². The Balaban J connectivity index is 1.86. The van der Waals surface area contributed by atoms with Crippen molar-refractivity contribution in [2.75, 3.05) is 6.54 Å². The second kappa shape index (κ2) is 10.2. The van der Waals surface area contributed by atoms with Crippen LogP contribution >= 0.6 is 23.4 Å². The lowest BCUT2D eigenvalue weighted by atomic mass is 10.1. The standard InChI is InChI=1S/C20H23ClN2O2S/c1-3-12-22-19(24)14(2)23-20(25)16-6-4-15(5-7-16)13-26-18-10-8-17(21)9-11-18/h4-11,14H,3,12-13H2,1-2H3,(H,22,24)(H,23,25)/t14-/m0/s1. The molecule has 2 aromatic rings. The fourth-order valence-corrected chi connectivity index (χ4v) is 3.18. The van der Waals surface area contributed by atoms with Gasteiger partial charge in [0.2, 0.25) is 5.91 Å². The highest BCUT2D eigenvalue weighted by Crippen LogP contribution is 2.24. The summed E-state index contributed by atoms with van der Waals surface area (Å²) in [5.41, 5.74) is 1.66. The maximum atomic E-state index is 12.2. The van der Waals surface area contributed by atoms with Crippen molar-refractivity contribution in [3.63, 3.8) is 0 Å². The van der Waals surface area contributed by atoms with Crippen molar-refractivity contribution in [2.24, 2.45) is 0 Å². The van der Waals surface area contributed by atoms with E-state index in [0.717, 1.165) is 27.7 Å². The van der Waals surface area contributed by atoms with E-state index in [2.05, 4.69) is 10.6 Å². The van der Waals surface area contributed by atoms with Crippen LogP contribution in [0.4, 0.5) is 0 Å². The quantitative estimate of drug-likeness (QED) is 0.661. The van der Waals surface area contributed by atoms with Crippen LogP contribution in [0.1, 0.15) is 36.2 Å². The molecule has 0 unspecified atom stereocenters. The third kappa shape index (κ3) is 6.39. The second-order valence-corrected chi connectivity index (χ2v) is 7.41. The van der Waals surface area contributed by atoms with Crippen molar-refractivity contribution in [3.05, 3.63) is 64.7 Å². The number of thioether (sulfide) groups is 1. The molecule has 138 valence electrons. The summed E-state index contributed by atoms with van der Waals surface area (Å²) in [5.74, 6) is 0.386. The minimum absolute atomic E-state index is 0.170. The Kier molecular flexibility index (Phi) is 8.01. The summed E-state index contributed by atoms with van der Waals surface area (Å²) >= 11 is 7.59. The molecule has 0 aromatic heterocycles. The molecule has 0 spiro atoms. The van der Waals surface area contributed by atoms with Crippen LogP contribution < -0.4 is 10.6 Å². The zero-order chi connectivity index (χ0) is 18.9. The molecule has 2 amide bonds.